The maximum Gasteiger partial charge on any atom is 0.124 e. The number of hydrogen-bond donors (Lipinski definition) is 0. The molecule has 66 heavy (non-hydrogen) atoms. The third-order valence-corrected chi connectivity index (χ3v) is 14.4. The maximum absolute atomic E-state index is 4.65. The van der Waals surface area contributed by atoms with Gasteiger partial charge < -0.3 is 9.80 Å². The summed E-state index contributed by atoms with van der Waals surface area (Å²) in [5.74, 6) is 0. The van der Waals surface area contributed by atoms with Crippen LogP contribution in [-0.2, 0) is 5.41 Å². The Kier molecular flexibility index (Phi) is 9.70. The summed E-state index contributed by atoms with van der Waals surface area (Å²) >= 11 is 1.75. The zero-order valence-electron chi connectivity index (χ0n) is 36.8. The Balaban J connectivity index is 0.930. The Morgan fingerprint density at radius 3 is 1.42 bits per heavy atom. The molecule has 9 aromatic carbocycles. The second kappa shape index (κ2) is 16.2. The lowest BCUT2D eigenvalue weighted by atomic mass is 9.67. The first-order valence-electron chi connectivity index (χ1n) is 22.6. The van der Waals surface area contributed by atoms with Crippen molar-refractivity contribution in [3.63, 3.8) is 0 Å². The molecule has 11 aromatic rings. The number of thiophene rings is 1. The van der Waals surface area contributed by atoms with Crippen LogP contribution >= 0.6 is 11.3 Å². The van der Waals surface area contributed by atoms with E-state index in [0.717, 1.165) is 50.1 Å². The van der Waals surface area contributed by atoms with Gasteiger partial charge in [0.2, 0.25) is 0 Å². The highest BCUT2D eigenvalue weighted by atomic mass is 32.1. The Morgan fingerprint density at radius 1 is 0.379 bits per heavy atom. The fourth-order valence-corrected chi connectivity index (χ4v) is 11.3. The number of anilines is 6. The highest BCUT2D eigenvalue weighted by Gasteiger charge is 2.46. The molecule has 0 unspecified atom stereocenters. The normalized spacial score (nSPS) is 12.5. The van der Waals surface area contributed by atoms with Gasteiger partial charge in [-0.1, -0.05) is 157 Å². The lowest BCUT2D eigenvalue weighted by Crippen LogP contribution is -2.28. The summed E-state index contributed by atoms with van der Waals surface area (Å²) < 4.78 is 1.23. The second-order valence-electron chi connectivity index (χ2n) is 17.3. The molecule has 314 valence electrons. The first-order valence-corrected chi connectivity index (χ1v) is 23.4. The molecule has 0 atom stereocenters. The molecule has 12 rings (SSSR count). The van der Waals surface area contributed by atoms with Crippen molar-refractivity contribution in [2.75, 3.05) is 9.80 Å². The fourth-order valence-electron chi connectivity index (χ4n) is 10.2. The number of pyridine rings is 1. The number of benzene rings is 9. The van der Waals surface area contributed by atoms with Crippen LogP contribution in [0.1, 0.15) is 33.4 Å². The van der Waals surface area contributed by atoms with E-state index in [0.29, 0.717) is 0 Å². The quantitative estimate of drug-likeness (QED) is 0.144. The van der Waals surface area contributed by atoms with E-state index in [1.54, 1.807) is 11.3 Å². The topological polar surface area (TPSA) is 19.4 Å². The maximum atomic E-state index is 4.65. The molecular formula is C62H45N3S. The van der Waals surface area contributed by atoms with E-state index in [9.17, 15) is 0 Å². The van der Waals surface area contributed by atoms with Gasteiger partial charge in [-0.25, -0.2) is 4.98 Å². The predicted octanol–water partition coefficient (Wildman–Crippen LogP) is 17.0. The third-order valence-electron chi connectivity index (χ3n) is 13.4. The van der Waals surface area contributed by atoms with Gasteiger partial charge in [-0.2, -0.15) is 0 Å². The molecule has 1 aliphatic rings. The molecule has 1 aliphatic carbocycles. The lowest BCUT2D eigenvalue weighted by Gasteiger charge is -2.35. The fraction of sp³-hybridized carbons (Fsp3) is 0.0484. The molecule has 3 nitrogen and oxygen atoms in total. The SMILES string of the molecule is Cc1ccc(N(c2ccc(-c3ccc(N(c4ccc(C)cc4)c4ccc5c(c4)sc4ncccc45)cc3)cc2)c2ccc3c(c2)C(c2ccccc2)(c2ccccc2)c2ccccc2-3)cc1. The van der Waals surface area contributed by atoms with Gasteiger partial charge in [0.25, 0.3) is 0 Å². The number of nitrogens with zero attached hydrogens (tertiary/aromatic N) is 3. The zero-order valence-corrected chi connectivity index (χ0v) is 37.6. The Hall–Kier alpha value is -8.05. The Labute approximate surface area is 390 Å². The largest absolute Gasteiger partial charge is 0.310 e. The van der Waals surface area contributed by atoms with Crippen molar-refractivity contribution < 1.29 is 0 Å². The van der Waals surface area contributed by atoms with Crippen molar-refractivity contribution >= 4 is 65.8 Å². The summed E-state index contributed by atoms with van der Waals surface area (Å²) in [6.45, 7) is 4.29. The van der Waals surface area contributed by atoms with E-state index >= 15 is 0 Å². The van der Waals surface area contributed by atoms with Crippen molar-refractivity contribution in [3.8, 4) is 22.3 Å². The van der Waals surface area contributed by atoms with E-state index in [4.69, 9.17) is 0 Å². The van der Waals surface area contributed by atoms with Crippen LogP contribution in [0.4, 0.5) is 34.1 Å². The Bertz CT molecular complexity index is 3480. The number of aromatic nitrogens is 1. The first kappa shape index (κ1) is 39.5. The van der Waals surface area contributed by atoms with Crippen molar-refractivity contribution in [2.24, 2.45) is 0 Å². The number of rotatable bonds is 9. The molecule has 0 radical (unpaired) electrons. The summed E-state index contributed by atoms with van der Waals surface area (Å²) in [5, 5.41) is 2.44. The van der Waals surface area contributed by atoms with Crippen LogP contribution < -0.4 is 9.80 Å². The van der Waals surface area contributed by atoms with E-state index in [2.05, 4.69) is 253 Å². The van der Waals surface area contributed by atoms with Crippen LogP contribution in [-0.4, -0.2) is 4.98 Å². The molecule has 0 spiro atoms. The van der Waals surface area contributed by atoms with Gasteiger partial charge in [0, 0.05) is 55.8 Å². The predicted molar refractivity (Wildman–Crippen MR) is 279 cm³/mol. The second-order valence-corrected chi connectivity index (χ2v) is 18.4. The van der Waals surface area contributed by atoms with Gasteiger partial charge in [-0.05, 0) is 143 Å². The van der Waals surface area contributed by atoms with Gasteiger partial charge in [0.05, 0.1) is 5.41 Å². The standard InChI is InChI=1S/C62H45N3S/c1-42-19-27-48(28-20-42)64(52-35-37-55-54-16-9-10-18-58(54)62(59(55)40-52,46-12-5-3-6-13-46)47-14-7-4-8-15-47)50-31-23-44(24-32-50)45-25-33-51(34-26-45)65(49-29-21-43(2)22-30-49)53-36-38-56-57-17-11-39-63-61(57)66-60(56)41-53/h3-41H,1-2H3. The van der Waals surface area contributed by atoms with Crippen LogP contribution in [0.5, 0.6) is 0 Å². The summed E-state index contributed by atoms with van der Waals surface area (Å²) in [6, 6.07) is 84.8. The molecule has 0 saturated heterocycles. The molecule has 0 amide bonds. The molecular weight excluding hydrogens is 819 g/mol. The summed E-state index contributed by atoms with van der Waals surface area (Å²) in [7, 11) is 0. The number of hydrogen-bond acceptors (Lipinski definition) is 4. The summed E-state index contributed by atoms with van der Waals surface area (Å²) in [6.07, 6.45) is 1.88. The average Bonchev–Trinajstić information content (AvgIpc) is 3.89. The van der Waals surface area contributed by atoms with E-state index in [1.807, 2.05) is 12.3 Å². The van der Waals surface area contributed by atoms with Crippen LogP contribution in [0.25, 0.3) is 42.6 Å². The van der Waals surface area contributed by atoms with E-state index < -0.39 is 5.41 Å². The molecule has 0 N–H and O–H groups in total. The van der Waals surface area contributed by atoms with Crippen LogP contribution in [0.3, 0.4) is 0 Å². The van der Waals surface area contributed by atoms with E-state index in [1.165, 1.54) is 60.0 Å². The summed E-state index contributed by atoms with van der Waals surface area (Å²) in [5.41, 5.74) is 18.6. The minimum atomic E-state index is -0.489. The minimum absolute atomic E-state index is 0.489. The number of fused-ring (bicyclic) bond motifs is 6. The van der Waals surface area contributed by atoms with Crippen molar-refractivity contribution in [2.45, 2.75) is 19.3 Å². The molecule has 4 heteroatoms. The van der Waals surface area contributed by atoms with Crippen molar-refractivity contribution in [1.29, 1.82) is 0 Å². The molecule has 0 bridgehead atoms. The molecule has 2 heterocycles. The first-order chi connectivity index (χ1) is 32.5. The molecule has 0 fully saturated rings. The van der Waals surface area contributed by atoms with Gasteiger partial charge in [0.15, 0.2) is 0 Å². The molecule has 2 aromatic heterocycles. The van der Waals surface area contributed by atoms with Gasteiger partial charge >= 0.3 is 0 Å². The smallest absolute Gasteiger partial charge is 0.124 e. The zero-order chi connectivity index (χ0) is 44.2. The van der Waals surface area contributed by atoms with Gasteiger partial charge in [0.1, 0.15) is 4.83 Å². The van der Waals surface area contributed by atoms with Crippen LogP contribution in [0, 0.1) is 13.8 Å². The highest BCUT2D eigenvalue weighted by molar-refractivity contribution is 7.25. The lowest BCUT2D eigenvalue weighted by molar-refractivity contribution is 0.768. The Morgan fingerprint density at radius 2 is 0.848 bits per heavy atom. The molecule has 0 saturated carbocycles. The summed E-state index contributed by atoms with van der Waals surface area (Å²) in [4.78, 5) is 10.5. The van der Waals surface area contributed by atoms with Crippen LogP contribution in [0.15, 0.2) is 237 Å². The van der Waals surface area contributed by atoms with Crippen molar-refractivity contribution in [3.05, 3.63) is 270 Å². The third kappa shape index (κ3) is 6.60. The highest BCUT2D eigenvalue weighted by Crippen LogP contribution is 2.57. The van der Waals surface area contributed by atoms with Gasteiger partial charge in [-0.3, -0.25) is 0 Å². The van der Waals surface area contributed by atoms with Gasteiger partial charge in [-0.15, -0.1) is 11.3 Å². The average molecular weight is 864 g/mol. The molecule has 0 aliphatic heterocycles. The number of aryl methyl sites for hydroxylation is 2. The monoisotopic (exact) mass is 863 g/mol. The minimum Gasteiger partial charge on any atom is -0.310 e. The van der Waals surface area contributed by atoms with Crippen LogP contribution in [0.2, 0.25) is 0 Å². The van der Waals surface area contributed by atoms with E-state index in [-0.39, 0.29) is 0 Å². The van der Waals surface area contributed by atoms with Crippen molar-refractivity contribution in [1.82, 2.24) is 4.98 Å².